The summed E-state index contributed by atoms with van der Waals surface area (Å²) >= 11 is 1.21. The molecule has 1 atom stereocenters. The summed E-state index contributed by atoms with van der Waals surface area (Å²) in [5, 5.41) is 21.2. The molecule has 1 N–H and O–H groups in total. The quantitative estimate of drug-likeness (QED) is 0.369. The molecule has 5 nitrogen and oxygen atoms in total. The van der Waals surface area contributed by atoms with Gasteiger partial charge in [-0.1, -0.05) is 42.5 Å². The fraction of sp³-hybridized carbons (Fsp3) is 0.211. The fourth-order valence-corrected chi connectivity index (χ4v) is 4.15. The zero-order valence-corrected chi connectivity index (χ0v) is 14.2. The van der Waals surface area contributed by atoms with Crippen molar-refractivity contribution in [2.45, 2.75) is 29.4 Å². The zero-order valence-electron chi connectivity index (χ0n) is 13.4. The van der Waals surface area contributed by atoms with Crippen LogP contribution in [0.15, 0.2) is 65.1 Å². The molecule has 0 unspecified atom stereocenters. The van der Waals surface area contributed by atoms with Crippen molar-refractivity contribution in [3.05, 3.63) is 75.8 Å². The average Bonchev–Trinajstić information content (AvgIpc) is 2.64. The molecule has 1 fully saturated rings. The van der Waals surface area contributed by atoms with Gasteiger partial charge in [-0.05, 0) is 25.3 Å². The van der Waals surface area contributed by atoms with Crippen LogP contribution in [0, 0.1) is 10.1 Å². The van der Waals surface area contributed by atoms with E-state index in [4.69, 9.17) is 0 Å². The third kappa shape index (κ3) is 3.74. The number of para-hydroxylation sites is 1. The van der Waals surface area contributed by atoms with E-state index in [0.29, 0.717) is 28.9 Å². The number of aliphatic hydroxyl groups excluding tert-OH is 1. The number of carbonyl (C=O) groups excluding carboxylic acids is 1. The maximum atomic E-state index is 12.8. The monoisotopic (exact) mass is 355 g/mol. The van der Waals surface area contributed by atoms with Crippen molar-refractivity contribution >= 4 is 29.0 Å². The molecule has 1 saturated carbocycles. The van der Waals surface area contributed by atoms with Crippen LogP contribution in [0.4, 0.5) is 5.69 Å². The fourth-order valence-electron chi connectivity index (χ4n) is 2.89. The molecule has 2 aromatic carbocycles. The number of hydrogen-bond donors (Lipinski definition) is 1. The van der Waals surface area contributed by atoms with E-state index < -0.39 is 10.2 Å². The molecule has 0 aliphatic heterocycles. The average molecular weight is 355 g/mol. The number of allylic oxidation sites excluding steroid dienone is 1. The highest BCUT2D eigenvalue weighted by atomic mass is 32.2. The van der Waals surface area contributed by atoms with Crippen molar-refractivity contribution in [2.24, 2.45) is 0 Å². The Hall–Kier alpha value is -2.60. The molecule has 0 spiro atoms. The van der Waals surface area contributed by atoms with Gasteiger partial charge < -0.3 is 5.11 Å². The third-order valence-corrected chi connectivity index (χ3v) is 5.48. The number of aliphatic hydroxyl groups is 1. The van der Waals surface area contributed by atoms with Gasteiger partial charge in [0.25, 0.3) is 5.69 Å². The Morgan fingerprint density at radius 3 is 2.52 bits per heavy atom. The second-order valence-corrected chi connectivity index (χ2v) is 7.03. The predicted octanol–water partition coefficient (Wildman–Crippen LogP) is 4.78. The molecule has 0 bridgehead atoms. The molecule has 1 aliphatic rings. The number of carbonyl (C=O) groups is 1. The molecule has 0 heterocycles. The van der Waals surface area contributed by atoms with E-state index in [-0.39, 0.29) is 17.2 Å². The number of nitro benzene ring substituents is 1. The van der Waals surface area contributed by atoms with Crippen LogP contribution in [0.25, 0.3) is 5.76 Å². The number of rotatable bonds is 4. The normalized spacial score (nSPS) is 19.5. The van der Waals surface area contributed by atoms with Gasteiger partial charge in [0.1, 0.15) is 5.76 Å². The van der Waals surface area contributed by atoms with Gasteiger partial charge in [0.2, 0.25) is 0 Å². The molecule has 6 heteroatoms. The third-order valence-electron chi connectivity index (χ3n) is 4.15. The standard InChI is InChI=1S/C19H17NO4S/c21-18(13-7-2-1-3-8-13)14-9-6-12-17(19(14)22)25-16-11-5-4-10-15(16)20(23)24/h1-5,7-8,10-11,17,21H,6,9,12H2/t17-/m0/s1. The molecule has 2 aromatic rings. The number of benzene rings is 2. The number of nitrogens with zero attached hydrogens (tertiary/aromatic N) is 1. The molecular weight excluding hydrogens is 338 g/mol. The molecule has 128 valence electrons. The minimum Gasteiger partial charge on any atom is -0.507 e. The summed E-state index contributed by atoms with van der Waals surface area (Å²) in [5.74, 6) is -0.130. The maximum absolute atomic E-state index is 12.8. The lowest BCUT2D eigenvalue weighted by Crippen LogP contribution is -2.25. The first-order valence-electron chi connectivity index (χ1n) is 7.99. The predicted molar refractivity (Wildman–Crippen MR) is 97.6 cm³/mol. The topological polar surface area (TPSA) is 80.4 Å². The lowest BCUT2D eigenvalue weighted by molar-refractivity contribution is -0.387. The van der Waals surface area contributed by atoms with Crippen LogP contribution >= 0.6 is 11.8 Å². The van der Waals surface area contributed by atoms with Crippen LogP contribution in [0.3, 0.4) is 0 Å². The van der Waals surface area contributed by atoms with E-state index in [1.54, 1.807) is 42.5 Å². The molecule has 3 rings (SSSR count). The highest BCUT2D eigenvalue weighted by molar-refractivity contribution is 8.00. The number of Topliss-reactive ketones (excluding diaryl/α,β-unsaturated/α-hetero) is 1. The van der Waals surface area contributed by atoms with Crippen molar-refractivity contribution in [1.82, 2.24) is 0 Å². The van der Waals surface area contributed by atoms with Crippen LogP contribution < -0.4 is 0 Å². The van der Waals surface area contributed by atoms with Gasteiger partial charge in [-0.15, -0.1) is 11.8 Å². The summed E-state index contributed by atoms with van der Waals surface area (Å²) in [6, 6.07) is 15.4. The first-order chi connectivity index (χ1) is 12.1. The number of hydrogen-bond acceptors (Lipinski definition) is 5. The largest absolute Gasteiger partial charge is 0.507 e. The lowest BCUT2D eigenvalue weighted by atomic mass is 9.90. The summed E-state index contributed by atoms with van der Waals surface area (Å²) in [6.07, 6.45) is 1.92. The Morgan fingerprint density at radius 2 is 1.80 bits per heavy atom. The van der Waals surface area contributed by atoms with Crippen molar-refractivity contribution in [3.8, 4) is 0 Å². The van der Waals surface area contributed by atoms with Gasteiger partial charge in [0, 0.05) is 17.2 Å². The second-order valence-electron chi connectivity index (χ2n) is 5.78. The van der Waals surface area contributed by atoms with Crippen LogP contribution in [-0.4, -0.2) is 21.1 Å². The Balaban J connectivity index is 1.88. The summed E-state index contributed by atoms with van der Waals surface area (Å²) in [5.41, 5.74) is 1.03. The maximum Gasteiger partial charge on any atom is 0.282 e. The van der Waals surface area contributed by atoms with Crippen LogP contribution in [0.1, 0.15) is 24.8 Å². The van der Waals surface area contributed by atoms with Gasteiger partial charge in [0.05, 0.1) is 15.1 Å². The van der Waals surface area contributed by atoms with Gasteiger partial charge >= 0.3 is 0 Å². The minimum absolute atomic E-state index is 0.00341. The van der Waals surface area contributed by atoms with Gasteiger partial charge in [-0.3, -0.25) is 14.9 Å². The van der Waals surface area contributed by atoms with Crippen molar-refractivity contribution in [2.75, 3.05) is 0 Å². The molecule has 0 aromatic heterocycles. The summed E-state index contributed by atoms with van der Waals surface area (Å²) in [4.78, 5) is 24.0. The van der Waals surface area contributed by atoms with E-state index in [0.717, 1.165) is 6.42 Å². The summed E-state index contributed by atoms with van der Waals surface area (Å²) in [7, 11) is 0. The SMILES string of the molecule is O=C1C(=C(O)c2ccccc2)CCC[C@@H]1Sc1ccccc1[N+](=O)[O-]. The van der Waals surface area contributed by atoms with Crippen molar-refractivity contribution < 1.29 is 14.8 Å². The smallest absolute Gasteiger partial charge is 0.282 e. The molecule has 25 heavy (non-hydrogen) atoms. The molecule has 1 aliphatic carbocycles. The summed E-state index contributed by atoms with van der Waals surface area (Å²) < 4.78 is 0. The number of ketones is 1. The van der Waals surface area contributed by atoms with Crippen molar-refractivity contribution in [3.63, 3.8) is 0 Å². The van der Waals surface area contributed by atoms with Crippen LogP contribution in [0.2, 0.25) is 0 Å². The number of nitro groups is 1. The summed E-state index contributed by atoms with van der Waals surface area (Å²) in [6.45, 7) is 0. The first kappa shape index (κ1) is 17.2. The van der Waals surface area contributed by atoms with E-state index in [9.17, 15) is 20.0 Å². The van der Waals surface area contributed by atoms with E-state index in [1.165, 1.54) is 17.8 Å². The molecule has 0 radical (unpaired) electrons. The minimum atomic E-state index is -0.437. The van der Waals surface area contributed by atoms with Crippen molar-refractivity contribution in [1.29, 1.82) is 0 Å². The molecular formula is C19H17NO4S. The van der Waals surface area contributed by atoms with Crippen LogP contribution in [0.5, 0.6) is 0 Å². The van der Waals surface area contributed by atoms with Gasteiger partial charge in [0.15, 0.2) is 5.78 Å². The Labute approximate surface area is 149 Å². The highest BCUT2D eigenvalue weighted by Gasteiger charge is 2.31. The van der Waals surface area contributed by atoms with E-state index >= 15 is 0 Å². The molecule has 0 amide bonds. The second kappa shape index (κ2) is 7.53. The Kier molecular flexibility index (Phi) is 5.19. The Morgan fingerprint density at radius 1 is 1.12 bits per heavy atom. The van der Waals surface area contributed by atoms with E-state index in [1.807, 2.05) is 6.07 Å². The first-order valence-corrected chi connectivity index (χ1v) is 8.87. The molecule has 0 saturated heterocycles. The highest BCUT2D eigenvalue weighted by Crippen LogP contribution is 2.39. The lowest BCUT2D eigenvalue weighted by Gasteiger charge is -2.23. The van der Waals surface area contributed by atoms with E-state index in [2.05, 4.69) is 0 Å². The zero-order chi connectivity index (χ0) is 17.8. The van der Waals surface area contributed by atoms with Crippen LogP contribution in [-0.2, 0) is 4.79 Å². The van der Waals surface area contributed by atoms with Gasteiger partial charge in [-0.25, -0.2) is 0 Å². The Bertz CT molecular complexity index is 832. The number of thioether (sulfide) groups is 1. The van der Waals surface area contributed by atoms with Gasteiger partial charge in [-0.2, -0.15) is 0 Å².